The van der Waals surface area contributed by atoms with Crippen molar-refractivity contribution in [2.24, 2.45) is 0 Å². The van der Waals surface area contributed by atoms with E-state index in [0.29, 0.717) is 16.7 Å². The first-order valence-corrected chi connectivity index (χ1v) is 7.06. The molecule has 1 amide bonds. The molecule has 0 bridgehead atoms. The summed E-state index contributed by atoms with van der Waals surface area (Å²) in [6.45, 7) is 0. The van der Waals surface area contributed by atoms with Crippen LogP contribution < -0.4 is 5.32 Å². The zero-order chi connectivity index (χ0) is 15.4. The van der Waals surface area contributed by atoms with E-state index in [2.05, 4.69) is 30.5 Å². The Balaban J connectivity index is 1.63. The third-order valence-corrected chi connectivity index (χ3v) is 3.51. The van der Waals surface area contributed by atoms with Crippen LogP contribution in [0.25, 0.3) is 0 Å². The van der Waals surface area contributed by atoms with Crippen LogP contribution in [-0.2, 0) is 5.75 Å². The Morgan fingerprint density at radius 1 is 1.45 bits per heavy atom. The molecule has 0 saturated heterocycles. The summed E-state index contributed by atoms with van der Waals surface area (Å²) >= 11 is 1.40. The molecule has 0 aliphatic heterocycles. The van der Waals surface area contributed by atoms with Gasteiger partial charge < -0.3 is 14.7 Å². The SMILES string of the molecule is N#Cc1[nH]cnc1NC(=O)c1ccc(CSc2ncn[nH]2)o1. The first kappa shape index (κ1) is 13.9. The van der Waals surface area contributed by atoms with Gasteiger partial charge in [0.05, 0.1) is 12.1 Å². The molecule has 3 rings (SSSR count). The molecule has 0 atom stereocenters. The first-order chi connectivity index (χ1) is 10.8. The summed E-state index contributed by atoms with van der Waals surface area (Å²) in [6, 6.07) is 5.15. The minimum absolute atomic E-state index is 0.139. The van der Waals surface area contributed by atoms with Crippen LogP contribution in [0.4, 0.5) is 5.82 Å². The maximum absolute atomic E-state index is 12.0. The van der Waals surface area contributed by atoms with E-state index in [4.69, 9.17) is 9.68 Å². The number of hydrogen-bond acceptors (Lipinski definition) is 7. The van der Waals surface area contributed by atoms with E-state index in [1.807, 2.05) is 6.07 Å². The highest BCUT2D eigenvalue weighted by atomic mass is 32.2. The van der Waals surface area contributed by atoms with Crippen molar-refractivity contribution in [3.63, 3.8) is 0 Å². The maximum atomic E-state index is 12.0. The molecule has 9 nitrogen and oxygen atoms in total. The van der Waals surface area contributed by atoms with Gasteiger partial charge >= 0.3 is 0 Å². The van der Waals surface area contributed by atoms with Gasteiger partial charge in [0, 0.05) is 0 Å². The van der Waals surface area contributed by atoms with Gasteiger partial charge in [-0.1, -0.05) is 11.8 Å². The molecule has 10 heteroatoms. The largest absolute Gasteiger partial charge is 0.455 e. The summed E-state index contributed by atoms with van der Waals surface area (Å²) < 4.78 is 5.45. The van der Waals surface area contributed by atoms with Crippen molar-refractivity contribution in [1.29, 1.82) is 5.26 Å². The molecule has 0 spiro atoms. The molecular formula is C12H9N7O2S. The maximum Gasteiger partial charge on any atom is 0.292 e. The molecule has 0 aliphatic carbocycles. The number of furan rings is 1. The number of carbonyl (C=O) groups is 1. The fraction of sp³-hybridized carbons (Fsp3) is 0.0833. The Morgan fingerprint density at radius 3 is 3.14 bits per heavy atom. The number of aromatic nitrogens is 5. The lowest BCUT2D eigenvalue weighted by molar-refractivity contribution is 0.0995. The second kappa shape index (κ2) is 6.15. The van der Waals surface area contributed by atoms with E-state index in [-0.39, 0.29) is 17.3 Å². The van der Waals surface area contributed by atoms with E-state index < -0.39 is 5.91 Å². The molecule has 3 N–H and O–H groups in total. The third kappa shape index (κ3) is 2.99. The Kier molecular flexibility index (Phi) is 3.88. The molecule has 3 heterocycles. The summed E-state index contributed by atoms with van der Waals surface area (Å²) in [5, 5.41) is 18.5. The van der Waals surface area contributed by atoms with Gasteiger partial charge in [0.15, 0.2) is 22.4 Å². The second-order valence-electron chi connectivity index (χ2n) is 4.04. The Hall–Kier alpha value is -3.06. The summed E-state index contributed by atoms with van der Waals surface area (Å²) in [5.74, 6) is 0.962. The molecular weight excluding hydrogens is 306 g/mol. The lowest BCUT2D eigenvalue weighted by Gasteiger charge is -1.99. The fourth-order valence-electron chi connectivity index (χ4n) is 1.62. The Bertz CT molecular complexity index is 815. The molecule has 22 heavy (non-hydrogen) atoms. The van der Waals surface area contributed by atoms with E-state index in [1.165, 1.54) is 24.4 Å². The van der Waals surface area contributed by atoms with Crippen LogP contribution in [0.2, 0.25) is 0 Å². The number of amides is 1. The molecule has 0 saturated carbocycles. The molecule has 3 aromatic rings. The average Bonchev–Trinajstić information content (AvgIpc) is 3.26. The van der Waals surface area contributed by atoms with Crippen LogP contribution in [0.1, 0.15) is 22.0 Å². The van der Waals surface area contributed by atoms with Crippen LogP contribution in [0, 0.1) is 11.3 Å². The second-order valence-corrected chi connectivity index (χ2v) is 5.00. The van der Waals surface area contributed by atoms with Gasteiger partial charge in [-0.3, -0.25) is 9.89 Å². The standard InChI is InChI=1S/C12H9N7O2S/c13-3-8-10(15-5-14-8)18-11(20)9-2-1-7(21-9)4-22-12-16-6-17-19-12/h1-2,5-6H,4H2,(H,14,15)(H,18,20)(H,16,17,19). The van der Waals surface area contributed by atoms with E-state index >= 15 is 0 Å². The van der Waals surface area contributed by atoms with Gasteiger partial charge in [0.2, 0.25) is 0 Å². The van der Waals surface area contributed by atoms with Gasteiger partial charge in [0.25, 0.3) is 5.91 Å². The van der Waals surface area contributed by atoms with Crippen molar-refractivity contribution in [2.45, 2.75) is 10.9 Å². The Labute approximate surface area is 128 Å². The zero-order valence-corrected chi connectivity index (χ0v) is 11.8. The highest BCUT2D eigenvalue weighted by Crippen LogP contribution is 2.20. The summed E-state index contributed by atoms with van der Waals surface area (Å²) in [5.41, 5.74) is 0.181. The van der Waals surface area contributed by atoms with E-state index in [1.54, 1.807) is 12.1 Å². The number of aromatic amines is 2. The summed E-state index contributed by atoms with van der Waals surface area (Å²) in [4.78, 5) is 22.5. The number of thioether (sulfide) groups is 1. The number of hydrogen-bond donors (Lipinski definition) is 3. The topological polar surface area (TPSA) is 136 Å². The number of imidazole rings is 1. The van der Waals surface area contributed by atoms with Crippen molar-refractivity contribution in [2.75, 3.05) is 5.32 Å². The van der Waals surface area contributed by atoms with Crippen LogP contribution in [0.3, 0.4) is 0 Å². The molecule has 0 fully saturated rings. The minimum Gasteiger partial charge on any atom is -0.455 e. The highest BCUT2D eigenvalue weighted by molar-refractivity contribution is 7.98. The number of nitrogens with one attached hydrogen (secondary N) is 3. The van der Waals surface area contributed by atoms with Crippen LogP contribution >= 0.6 is 11.8 Å². The number of H-pyrrole nitrogens is 2. The highest BCUT2D eigenvalue weighted by Gasteiger charge is 2.15. The predicted octanol–water partition coefficient (Wildman–Crippen LogP) is 1.54. The predicted molar refractivity (Wildman–Crippen MR) is 75.9 cm³/mol. The normalized spacial score (nSPS) is 10.3. The molecule has 3 aromatic heterocycles. The monoisotopic (exact) mass is 315 g/mol. The summed E-state index contributed by atoms with van der Waals surface area (Å²) in [6.07, 6.45) is 2.75. The fourth-order valence-corrected chi connectivity index (χ4v) is 2.30. The molecule has 0 aliphatic rings. The van der Waals surface area contributed by atoms with Crippen LogP contribution in [0.5, 0.6) is 0 Å². The van der Waals surface area contributed by atoms with Gasteiger partial charge in [-0.05, 0) is 12.1 Å². The number of nitriles is 1. The molecule has 110 valence electrons. The molecule has 0 aromatic carbocycles. The van der Waals surface area contributed by atoms with E-state index in [0.717, 1.165) is 0 Å². The molecule has 0 radical (unpaired) electrons. The zero-order valence-electron chi connectivity index (χ0n) is 11.0. The quantitative estimate of drug-likeness (QED) is 0.607. The van der Waals surface area contributed by atoms with Gasteiger partial charge in [0.1, 0.15) is 18.2 Å². The van der Waals surface area contributed by atoms with E-state index in [9.17, 15) is 4.79 Å². The number of carbonyl (C=O) groups excluding carboxylic acids is 1. The van der Waals surface area contributed by atoms with Crippen LogP contribution in [0.15, 0.2) is 34.4 Å². The van der Waals surface area contributed by atoms with Crippen molar-refractivity contribution in [1.82, 2.24) is 25.1 Å². The summed E-state index contributed by atoms with van der Waals surface area (Å²) in [7, 11) is 0. The minimum atomic E-state index is -0.473. The molecule has 0 unspecified atom stereocenters. The lowest BCUT2D eigenvalue weighted by Crippen LogP contribution is -2.12. The number of rotatable bonds is 5. The number of anilines is 1. The van der Waals surface area contributed by atoms with Gasteiger partial charge in [-0.15, -0.1) is 0 Å². The first-order valence-electron chi connectivity index (χ1n) is 6.08. The average molecular weight is 315 g/mol. The van der Waals surface area contributed by atoms with Gasteiger partial charge in [-0.2, -0.15) is 10.4 Å². The Morgan fingerprint density at radius 2 is 2.36 bits per heavy atom. The van der Waals surface area contributed by atoms with Crippen molar-refractivity contribution >= 4 is 23.5 Å². The number of nitrogens with zero attached hydrogens (tertiary/aromatic N) is 4. The van der Waals surface area contributed by atoms with Crippen molar-refractivity contribution < 1.29 is 9.21 Å². The smallest absolute Gasteiger partial charge is 0.292 e. The van der Waals surface area contributed by atoms with Gasteiger partial charge in [-0.25, -0.2) is 9.97 Å². The lowest BCUT2D eigenvalue weighted by atomic mass is 10.4. The third-order valence-electron chi connectivity index (χ3n) is 2.61. The van der Waals surface area contributed by atoms with Crippen molar-refractivity contribution in [3.8, 4) is 6.07 Å². The van der Waals surface area contributed by atoms with Crippen molar-refractivity contribution in [3.05, 3.63) is 42.0 Å². The van der Waals surface area contributed by atoms with Crippen LogP contribution in [-0.4, -0.2) is 31.1 Å².